The lowest BCUT2D eigenvalue weighted by atomic mass is 9.95. The summed E-state index contributed by atoms with van der Waals surface area (Å²) in [4.78, 5) is 7.21. The standard InChI is InChI=1S/C33H48F3N3O/c1-10-22(4)24(6)29(19-30(26(8)40-9)39-17-15-21(3)16-18-39)33(38-25(7)23(5)11-2)37-20-27-13-12-14-28(31(27)34)32(35)36/h12-14,19,21,32H,10-11,15-18,20H2,1-9H3,(H,37,38)/b24-22+,25-23?,29-19+,30-26-. The van der Waals surface area contributed by atoms with Gasteiger partial charge in [0.2, 0.25) is 0 Å². The minimum atomic E-state index is -2.89. The van der Waals surface area contributed by atoms with Gasteiger partial charge in [-0.25, -0.2) is 13.2 Å². The third kappa shape index (κ3) is 8.77. The molecule has 1 aromatic carbocycles. The summed E-state index contributed by atoms with van der Waals surface area (Å²) >= 11 is 0. The van der Waals surface area contributed by atoms with Crippen LogP contribution in [-0.2, 0) is 11.3 Å². The zero-order valence-corrected chi connectivity index (χ0v) is 25.9. The van der Waals surface area contributed by atoms with Gasteiger partial charge in [0.1, 0.15) is 17.4 Å². The van der Waals surface area contributed by atoms with E-state index in [9.17, 15) is 13.2 Å². The molecule has 0 spiro atoms. The van der Waals surface area contributed by atoms with E-state index in [4.69, 9.17) is 9.73 Å². The number of benzene rings is 1. The van der Waals surface area contributed by atoms with E-state index < -0.39 is 17.8 Å². The van der Waals surface area contributed by atoms with Crippen molar-refractivity contribution in [1.29, 1.82) is 0 Å². The van der Waals surface area contributed by atoms with Crippen molar-refractivity contribution in [3.63, 3.8) is 0 Å². The van der Waals surface area contributed by atoms with Gasteiger partial charge < -0.3 is 15.0 Å². The van der Waals surface area contributed by atoms with Crippen LogP contribution in [0, 0.1) is 11.7 Å². The topological polar surface area (TPSA) is 36.9 Å². The second kappa shape index (κ2) is 15.7. The van der Waals surface area contributed by atoms with Crippen LogP contribution in [0.3, 0.4) is 0 Å². The predicted molar refractivity (Wildman–Crippen MR) is 161 cm³/mol. The number of alkyl halides is 2. The van der Waals surface area contributed by atoms with Crippen molar-refractivity contribution in [1.82, 2.24) is 10.2 Å². The Labute approximate surface area is 239 Å². The lowest BCUT2D eigenvalue weighted by Crippen LogP contribution is -2.33. The summed E-state index contributed by atoms with van der Waals surface area (Å²) in [5, 5.41) is 3.50. The second-order valence-electron chi connectivity index (χ2n) is 10.8. The molecular formula is C33H48F3N3O. The normalized spacial score (nSPS) is 17.5. The van der Waals surface area contributed by atoms with Crippen LogP contribution >= 0.6 is 0 Å². The van der Waals surface area contributed by atoms with E-state index in [1.54, 1.807) is 7.11 Å². The molecular weight excluding hydrogens is 511 g/mol. The van der Waals surface area contributed by atoms with E-state index in [1.165, 1.54) is 23.3 Å². The zero-order chi connectivity index (χ0) is 30.0. The molecule has 4 nitrogen and oxygen atoms in total. The molecule has 1 heterocycles. The number of ether oxygens (including phenoxy) is 1. The van der Waals surface area contributed by atoms with Crippen LogP contribution in [0.5, 0.6) is 0 Å². The van der Waals surface area contributed by atoms with Crippen LogP contribution in [0.1, 0.15) is 98.6 Å². The number of nitrogens with one attached hydrogen (secondary N) is 1. The molecule has 0 unspecified atom stereocenters. The first-order valence-electron chi connectivity index (χ1n) is 14.4. The minimum absolute atomic E-state index is 0.0769. The smallest absolute Gasteiger partial charge is 0.266 e. The second-order valence-corrected chi connectivity index (χ2v) is 10.8. The van der Waals surface area contributed by atoms with Gasteiger partial charge in [-0.05, 0) is 77.9 Å². The molecule has 0 radical (unpaired) electrons. The number of hydrogen-bond donors (Lipinski definition) is 1. The maximum atomic E-state index is 15.0. The fraction of sp³-hybridized carbons (Fsp3) is 0.545. The van der Waals surface area contributed by atoms with E-state index >= 15 is 0 Å². The molecule has 0 aliphatic carbocycles. The van der Waals surface area contributed by atoms with E-state index in [1.807, 2.05) is 13.8 Å². The fourth-order valence-corrected chi connectivity index (χ4v) is 4.55. The minimum Gasteiger partial charge on any atom is -0.499 e. The summed E-state index contributed by atoms with van der Waals surface area (Å²) in [6.07, 6.45) is 3.15. The summed E-state index contributed by atoms with van der Waals surface area (Å²) in [6, 6.07) is 4.09. The van der Waals surface area contributed by atoms with Gasteiger partial charge in [-0.2, -0.15) is 0 Å². The predicted octanol–water partition coefficient (Wildman–Crippen LogP) is 9.24. The summed E-state index contributed by atoms with van der Waals surface area (Å²) in [5.74, 6) is 1.15. The number of allylic oxidation sites excluding steroid dienone is 5. The first-order chi connectivity index (χ1) is 18.9. The number of halogens is 3. The van der Waals surface area contributed by atoms with Crippen molar-refractivity contribution in [3.8, 4) is 0 Å². The number of aliphatic imine (C=N–C) groups is 1. The van der Waals surface area contributed by atoms with Crippen LogP contribution in [0.4, 0.5) is 13.2 Å². The van der Waals surface area contributed by atoms with Gasteiger partial charge in [-0.1, -0.05) is 50.1 Å². The lowest BCUT2D eigenvalue weighted by Gasteiger charge is -2.34. The molecule has 1 aliphatic heterocycles. The summed E-state index contributed by atoms with van der Waals surface area (Å²) < 4.78 is 47.5. The van der Waals surface area contributed by atoms with E-state index in [2.05, 4.69) is 57.8 Å². The summed E-state index contributed by atoms with van der Waals surface area (Å²) in [5.41, 5.74) is 5.77. The molecule has 1 N–H and O–H groups in total. The molecule has 40 heavy (non-hydrogen) atoms. The molecule has 0 atom stereocenters. The third-order valence-corrected chi connectivity index (χ3v) is 8.13. The molecule has 1 aromatic rings. The Bertz CT molecular complexity index is 1170. The summed E-state index contributed by atoms with van der Waals surface area (Å²) in [7, 11) is 1.68. The van der Waals surface area contributed by atoms with Crippen LogP contribution in [-0.4, -0.2) is 30.9 Å². The lowest BCUT2D eigenvalue weighted by molar-refractivity contribution is 0.146. The van der Waals surface area contributed by atoms with Crippen molar-refractivity contribution in [2.75, 3.05) is 20.2 Å². The van der Waals surface area contributed by atoms with Crippen molar-refractivity contribution < 1.29 is 17.9 Å². The first kappa shape index (κ1) is 33.2. The van der Waals surface area contributed by atoms with Crippen LogP contribution < -0.4 is 5.32 Å². The van der Waals surface area contributed by atoms with Crippen molar-refractivity contribution in [2.45, 2.75) is 94.0 Å². The maximum absolute atomic E-state index is 15.0. The largest absolute Gasteiger partial charge is 0.499 e. The number of nitrogens with zero attached hydrogens (tertiary/aromatic N) is 2. The average molecular weight is 560 g/mol. The quantitative estimate of drug-likeness (QED) is 0.127. The van der Waals surface area contributed by atoms with E-state index in [0.717, 1.165) is 73.1 Å². The Hall–Kier alpha value is -2.96. The van der Waals surface area contributed by atoms with Gasteiger partial charge in [0, 0.05) is 29.9 Å². The Morgan fingerprint density at radius 1 is 1.07 bits per heavy atom. The molecule has 0 aromatic heterocycles. The molecule has 222 valence electrons. The Balaban J connectivity index is 2.78. The number of rotatable bonds is 11. The molecule has 1 aliphatic rings. The highest BCUT2D eigenvalue weighted by Gasteiger charge is 2.22. The molecule has 1 fully saturated rings. The zero-order valence-electron chi connectivity index (χ0n) is 25.9. The number of amidine groups is 1. The molecule has 0 amide bonds. The number of likely N-dealkylation sites (tertiary alicyclic amines) is 1. The Kier molecular flexibility index (Phi) is 13.1. The maximum Gasteiger partial charge on any atom is 0.266 e. The number of piperidine rings is 1. The molecule has 0 saturated carbocycles. The van der Waals surface area contributed by atoms with Gasteiger partial charge in [0.15, 0.2) is 0 Å². The van der Waals surface area contributed by atoms with Crippen molar-refractivity contribution >= 4 is 5.84 Å². The molecule has 1 saturated heterocycles. The Morgan fingerprint density at radius 2 is 1.70 bits per heavy atom. The third-order valence-electron chi connectivity index (χ3n) is 8.13. The molecule has 7 heteroatoms. The van der Waals surface area contributed by atoms with Crippen LogP contribution in [0.15, 0.2) is 68.7 Å². The average Bonchev–Trinajstić information content (AvgIpc) is 2.95. The fourth-order valence-electron chi connectivity index (χ4n) is 4.55. The molecule has 2 rings (SSSR count). The highest BCUT2D eigenvalue weighted by molar-refractivity contribution is 6.03. The van der Waals surface area contributed by atoms with Crippen LogP contribution in [0.2, 0.25) is 0 Å². The monoisotopic (exact) mass is 559 g/mol. The van der Waals surface area contributed by atoms with Gasteiger partial charge >= 0.3 is 0 Å². The van der Waals surface area contributed by atoms with E-state index in [0.29, 0.717) is 11.8 Å². The highest BCUT2D eigenvalue weighted by atomic mass is 19.3. The van der Waals surface area contributed by atoms with Crippen molar-refractivity contribution in [2.24, 2.45) is 10.9 Å². The van der Waals surface area contributed by atoms with Crippen molar-refractivity contribution in [3.05, 3.63) is 80.7 Å². The first-order valence-corrected chi connectivity index (χ1v) is 14.4. The van der Waals surface area contributed by atoms with Gasteiger partial charge in [-0.3, -0.25) is 4.99 Å². The van der Waals surface area contributed by atoms with Gasteiger partial charge in [0.05, 0.1) is 24.9 Å². The van der Waals surface area contributed by atoms with Gasteiger partial charge in [-0.15, -0.1) is 0 Å². The van der Waals surface area contributed by atoms with Crippen LogP contribution in [0.25, 0.3) is 0 Å². The Morgan fingerprint density at radius 3 is 2.25 bits per heavy atom. The number of methoxy groups -OCH3 is 1. The molecule has 0 bridgehead atoms. The highest BCUT2D eigenvalue weighted by Crippen LogP contribution is 2.28. The van der Waals surface area contributed by atoms with Gasteiger partial charge in [0.25, 0.3) is 6.43 Å². The van der Waals surface area contributed by atoms with E-state index in [-0.39, 0.29) is 12.1 Å². The number of hydrogen-bond acceptors (Lipinski definition) is 3. The summed E-state index contributed by atoms with van der Waals surface area (Å²) in [6.45, 7) is 18.5. The SMILES string of the molecule is CCC(C)=C(C)NC(=NCc1cccc(C(F)F)c1F)C(=C/C(=C(\C)OC)N1CCC(C)CC1)/C(C)=C(\C)CC.